The number of hydrogen-bond acceptors (Lipinski definition) is 1. The topological polar surface area (TPSA) is 12.4 Å². The number of nitrogens with zero attached hydrogens (tertiary/aromatic N) is 1. The fourth-order valence-corrected chi connectivity index (χ4v) is 2.51. The average molecular weight is 235 g/mol. The molecule has 0 aliphatic carbocycles. The molecule has 0 bridgehead atoms. The van der Waals surface area contributed by atoms with Crippen LogP contribution in [0, 0.1) is 5.92 Å². The maximum Gasteiger partial charge on any atom is 0.0461 e. The third-order valence-electron chi connectivity index (χ3n) is 3.71. The first kappa shape index (κ1) is 14.5. The molecule has 17 heavy (non-hydrogen) atoms. The van der Waals surface area contributed by atoms with Crippen molar-refractivity contribution in [1.29, 1.82) is 0 Å². The standard InChI is InChI=1S/C16H29N/c1-4-7-9-11-15-14(6-3)13-17-16(15)12-10-8-5-2/h11,14H,4-10,12-13H2,1-3H3/b15-11+. The van der Waals surface area contributed by atoms with Gasteiger partial charge >= 0.3 is 0 Å². The first-order valence-corrected chi connectivity index (χ1v) is 7.57. The van der Waals surface area contributed by atoms with Crippen molar-refractivity contribution >= 4 is 5.71 Å². The van der Waals surface area contributed by atoms with Gasteiger partial charge in [0.05, 0.1) is 0 Å². The Kier molecular flexibility index (Phi) is 7.23. The zero-order valence-electron chi connectivity index (χ0n) is 12.0. The van der Waals surface area contributed by atoms with Crippen LogP contribution in [0.25, 0.3) is 0 Å². The molecule has 1 aliphatic heterocycles. The SMILES string of the molecule is CCCC/C=C1/C(CCCCC)=NCC1CC. The quantitative estimate of drug-likeness (QED) is 0.515. The lowest BCUT2D eigenvalue weighted by atomic mass is 9.92. The van der Waals surface area contributed by atoms with Gasteiger partial charge in [0.25, 0.3) is 0 Å². The van der Waals surface area contributed by atoms with Gasteiger partial charge in [0, 0.05) is 18.2 Å². The summed E-state index contributed by atoms with van der Waals surface area (Å²) in [5, 5.41) is 0. The van der Waals surface area contributed by atoms with E-state index in [1.807, 2.05) is 0 Å². The van der Waals surface area contributed by atoms with E-state index >= 15 is 0 Å². The van der Waals surface area contributed by atoms with E-state index in [1.165, 1.54) is 57.1 Å². The molecule has 0 aromatic carbocycles. The van der Waals surface area contributed by atoms with Crippen molar-refractivity contribution in [2.75, 3.05) is 6.54 Å². The molecule has 0 aromatic rings. The maximum atomic E-state index is 4.77. The molecule has 0 aromatic heterocycles. The van der Waals surface area contributed by atoms with Crippen LogP contribution in [0.3, 0.4) is 0 Å². The fraction of sp³-hybridized carbons (Fsp3) is 0.812. The summed E-state index contributed by atoms with van der Waals surface area (Å²) in [4.78, 5) is 4.77. The van der Waals surface area contributed by atoms with Crippen LogP contribution in [0.2, 0.25) is 0 Å². The van der Waals surface area contributed by atoms with Crippen LogP contribution in [0.15, 0.2) is 16.6 Å². The van der Waals surface area contributed by atoms with Crippen molar-refractivity contribution in [3.63, 3.8) is 0 Å². The van der Waals surface area contributed by atoms with E-state index in [-0.39, 0.29) is 0 Å². The van der Waals surface area contributed by atoms with Gasteiger partial charge in [0.1, 0.15) is 0 Å². The van der Waals surface area contributed by atoms with Crippen LogP contribution < -0.4 is 0 Å². The first-order chi connectivity index (χ1) is 8.33. The van der Waals surface area contributed by atoms with E-state index in [0.717, 1.165) is 12.5 Å². The average Bonchev–Trinajstić information content (AvgIpc) is 2.73. The van der Waals surface area contributed by atoms with E-state index < -0.39 is 0 Å². The molecule has 1 heteroatoms. The van der Waals surface area contributed by atoms with Crippen molar-refractivity contribution in [3.8, 4) is 0 Å². The van der Waals surface area contributed by atoms with Crippen LogP contribution in [-0.2, 0) is 0 Å². The Hall–Kier alpha value is -0.590. The highest BCUT2D eigenvalue weighted by molar-refractivity contribution is 6.02. The number of unbranched alkanes of at least 4 members (excludes halogenated alkanes) is 4. The number of rotatable bonds is 8. The lowest BCUT2D eigenvalue weighted by Gasteiger charge is -2.11. The summed E-state index contributed by atoms with van der Waals surface area (Å²) >= 11 is 0. The van der Waals surface area contributed by atoms with Crippen LogP contribution in [-0.4, -0.2) is 12.3 Å². The molecule has 0 amide bonds. The zero-order chi connectivity index (χ0) is 12.5. The number of allylic oxidation sites excluding steroid dienone is 1. The summed E-state index contributed by atoms with van der Waals surface area (Å²) < 4.78 is 0. The third-order valence-corrected chi connectivity index (χ3v) is 3.71. The highest BCUT2D eigenvalue weighted by Gasteiger charge is 2.22. The van der Waals surface area contributed by atoms with Crippen molar-refractivity contribution in [3.05, 3.63) is 11.6 Å². The molecule has 0 saturated heterocycles. The highest BCUT2D eigenvalue weighted by Crippen LogP contribution is 2.27. The fourth-order valence-electron chi connectivity index (χ4n) is 2.51. The van der Waals surface area contributed by atoms with E-state index in [1.54, 1.807) is 5.57 Å². The van der Waals surface area contributed by atoms with Crippen molar-refractivity contribution in [2.24, 2.45) is 10.9 Å². The van der Waals surface area contributed by atoms with Crippen LogP contribution in [0.5, 0.6) is 0 Å². The number of aliphatic imine (C=N–C) groups is 1. The lowest BCUT2D eigenvalue weighted by Crippen LogP contribution is -2.07. The van der Waals surface area contributed by atoms with E-state index in [9.17, 15) is 0 Å². The van der Waals surface area contributed by atoms with Gasteiger partial charge in [-0.1, -0.05) is 52.5 Å². The maximum absolute atomic E-state index is 4.77. The van der Waals surface area contributed by atoms with Crippen LogP contribution >= 0.6 is 0 Å². The monoisotopic (exact) mass is 235 g/mol. The van der Waals surface area contributed by atoms with Crippen molar-refractivity contribution in [1.82, 2.24) is 0 Å². The van der Waals surface area contributed by atoms with Gasteiger partial charge in [-0.15, -0.1) is 0 Å². The van der Waals surface area contributed by atoms with E-state index in [4.69, 9.17) is 4.99 Å². The van der Waals surface area contributed by atoms with Gasteiger partial charge in [-0.2, -0.15) is 0 Å². The van der Waals surface area contributed by atoms with Gasteiger partial charge < -0.3 is 0 Å². The van der Waals surface area contributed by atoms with Gasteiger partial charge in [0.15, 0.2) is 0 Å². The van der Waals surface area contributed by atoms with Crippen LogP contribution in [0.1, 0.15) is 72.1 Å². The minimum absolute atomic E-state index is 0.725. The molecule has 0 N–H and O–H groups in total. The Morgan fingerprint density at radius 3 is 2.53 bits per heavy atom. The molecule has 1 rings (SSSR count). The Morgan fingerprint density at radius 2 is 1.88 bits per heavy atom. The molecule has 1 nitrogen and oxygen atoms in total. The summed E-state index contributed by atoms with van der Waals surface area (Å²) in [6, 6.07) is 0. The molecule has 1 aliphatic rings. The van der Waals surface area contributed by atoms with Crippen molar-refractivity contribution < 1.29 is 0 Å². The smallest absolute Gasteiger partial charge is 0.0461 e. The molecule has 0 spiro atoms. The second-order valence-corrected chi connectivity index (χ2v) is 5.15. The minimum atomic E-state index is 0.725. The Labute approximate surface area is 107 Å². The van der Waals surface area contributed by atoms with E-state index in [2.05, 4.69) is 26.8 Å². The molecular weight excluding hydrogens is 206 g/mol. The Morgan fingerprint density at radius 1 is 1.12 bits per heavy atom. The Bertz CT molecular complexity index is 263. The largest absolute Gasteiger partial charge is 0.289 e. The summed E-state index contributed by atoms with van der Waals surface area (Å²) in [6.07, 6.45) is 12.8. The second-order valence-electron chi connectivity index (χ2n) is 5.15. The molecule has 0 fully saturated rings. The highest BCUT2D eigenvalue weighted by atomic mass is 14.8. The summed E-state index contributed by atoms with van der Waals surface area (Å²) in [5.41, 5.74) is 3.03. The molecular formula is C16H29N. The Balaban J connectivity index is 2.52. The van der Waals surface area contributed by atoms with Gasteiger partial charge in [-0.05, 0) is 31.3 Å². The molecule has 1 unspecified atom stereocenters. The minimum Gasteiger partial charge on any atom is -0.289 e. The van der Waals surface area contributed by atoms with Gasteiger partial charge in [-0.25, -0.2) is 0 Å². The predicted octanol–water partition coefficient (Wildman–Crippen LogP) is 5.16. The van der Waals surface area contributed by atoms with Crippen molar-refractivity contribution in [2.45, 2.75) is 72.1 Å². The molecule has 1 atom stereocenters. The van der Waals surface area contributed by atoms with Gasteiger partial charge in [-0.3, -0.25) is 4.99 Å². The molecule has 0 saturated carbocycles. The van der Waals surface area contributed by atoms with E-state index in [0.29, 0.717) is 0 Å². The van der Waals surface area contributed by atoms with Gasteiger partial charge in [0.2, 0.25) is 0 Å². The van der Waals surface area contributed by atoms with Crippen LogP contribution in [0.4, 0.5) is 0 Å². The number of hydrogen-bond donors (Lipinski definition) is 0. The first-order valence-electron chi connectivity index (χ1n) is 7.57. The molecule has 1 heterocycles. The second kappa shape index (κ2) is 8.49. The zero-order valence-corrected chi connectivity index (χ0v) is 12.0. The summed E-state index contributed by atoms with van der Waals surface area (Å²) in [7, 11) is 0. The lowest BCUT2D eigenvalue weighted by molar-refractivity contribution is 0.642. The molecule has 98 valence electrons. The summed E-state index contributed by atoms with van der Waals surface area (Å²) in [6.45, 7) is 7.88. The third kappa shape index (κ3) is 4.65. The normalized spacial score (nSPS) is 22.2. The molecule has 0 radical (unpaired) electrons. The predicted molar refractivity (Wildman–Crippen MR) is 77.8 cm³/mol. The summed E-state index contributed by atoms with van der Waals surface area (Å²) in [5.74, 6) is 0.725.